The Morgan fingerprint density at radius 1 is 1.29 bits per heavy atom. The molecule has 3 aliphatic rings. The van der Waals surface area contributed by atoms with E-state index in [0.29, 0.717) is 18.2 Å². The lowest BCUT2D eigenvalue weighted by molar-refractivity contribution is -0.0848. The van der Waals surface area contributed by atoms with Gasteiger partial charge in [0.2, 0.25) is 0 Å². The van der Waals surface area contributed by atoms with Crippen LogP contribution in [0.15, 0.2) is 47.4 Å². The minimum Gasteiger partial charge on any atom is -0.380 e. The monoisotopic (exact) mass is 430 g/mol. The van der Waals surface area contributed by atoms with Gasteiger partial charge in [0, 0.05) is 34.0 Å². The molecule has 1 saturated carbocycles. The number of nitrogens with zero attached hydrogens (tertiary/aromatic N) is 2. The molecule has 3 fully saturated rings. The molecule has 31 heavy (non-hydrogen) atoms. The van der Waals surface area contributed by atoms with Gasteiger partial charge in [0.1, 0.15) is 11.8 Å². The first-order valence-corrected chi connectivity index (χ1v) is 11.6. The van der Waals surface area contributed by atoms with Crippen LogP contribution in [0.3, 0.4) is 0 Å². The van der Waals surface area contributed by atoms with Crippen molar-refractivity contribution in [3.8, 4) is 6.07 Å². The summed E-state index contributed by atoms with van der Waals surface area (Å²) in [5.74, 6) is 0.610. The molecule has 5 nitrogen and oxygen atoms in total. The van der Waals surface area contributed by atoms with Crippen LogP contribution in [0.4, 0.5) is 5.69 Å². The van der Waals surface area contributed by atoms with Crippen LogP contribution in [-0.4, -0.2) is 18.2 Å². The van der Waals surface area contributed by atoms with Gasteiger partial charge in [-0.05, 0) is 85.5 Å². The van der Waals surface area contributed by atoms with Crippen LogP contribution in [0.2, 0.25) is 0 Å². The number of pyridine rings is 1. The highest BCUT2D eigenvalue weighted by Gasteiger charge is 2.50. The number of aryl methyl sites for hydroxylation is 1. The van der Waals surface area contributed by atoms with Crippen LogP contribution in [0.25, 0.3) is 10.9 Å². The van der Waals surface area contributed by atoms with Crippen molar-refractivity contribution >= 4 is 28.5 Å². The second-order valence-electron chi connectivity index (χ2n) is 8.97. The number of ether oxygens (including phenoxy) is 1. The molecule has 2 saturated heterocycles. The molecule has 0 spiro atoms. The third kappa shape index (κ3) is 3.47. The number of hydrogen-bond donors (Lipinski definition) is 2. The molecular formula is C25H26N4OS. The number of nitrogens with two attached hydrogens (primary N) is 1. The van der Waals surface area contributed by atoms with Gasteiger partial charge in [0.25, 0.3) is 0 Å². The molecule has 2 aliphatic heterocycles. The molecule has 3 aromatic rings. The predicted molar refractivity (Wildman–Crippen MR) is 125 cm³/mol. The second-order valence-corrected chi connectivity index (χ2v) is 9.64. The molecule has 158 valence electrons. The third-order valence-corrected chi connectivity index (χ3v) is 7.34. The van der Waals surface area contributed by atoms with E-state index in [0.717, 1.165) is 52.1 Å². The Balaban J connectivity index is 1.61. The number of anilines is 1. The van der Waals surface area contributed by atoms with Gasteiger partial charge in [0.15, 0.2) is 0 Å². The summed E-state index contributed by atoms with van der Waals surface area (Å²) in [6, 6.07) is 17.0. The van der Waals surface area contributed by atoms with Crippen molar-refractivity contribution in [1.29, 1.82) is 5.26 Å². The highest BCUT2D eigenvalue weighted by molar-refractivity contribution is 7.97. The maximum Gasteiger partial charge on any atom is 0.145 e. The van der Waals surface area contributed by atoms with Crippen molar-refractivity contribution in [2.24, 2.45) is 11.1 Å². The normalized spacial score (nSPS) is 23.1. The highest BCUT2D eigenvalue weighted by atomic mass is 32.2. The molecule has 1 atom stereocenters. The zero-order valence-electron chi connectivity index (χ0n) is 17.8. The number of nitriles is 1. The number of rotatable bonds is 5. The largest absolute Gasteiger partial charge is 0.380 e. The molecule has 1 aromatic heterocycles. The topological polar surface area (TPSA) is 84.0 Å². The van der Waals surface area contributed by atoms with E-state index in [9.17, 15) is 5.26 Å². The van der Waals surface area contributed by atoms with Crippen LogP contribution in [0.5, 0.6) is 0 Å². The average molecular weight is 431 g/mol. The zero-order valence-corrected chi connectivity index (χ0v) is 18.6. The molecule has 6 heteroatoms. The van der Waals surface area contributed by atoms with Crippen LogP contribution < -0.4 is 10.5 Å². The van der Waals surface area contributed by atoms with Crippen LogP contribution in [-0.2, 0) is 10.2 Å². The maximum absolute atomic E-state index is 9.86. The summed E-state index contributed by atoms with van der Waals surface area (Å²) in [6.07, 6.45) is 2.18. The van der Waals surface area contributed by atoms with E-state index in [1.165, 1.54) is 17.5 Å². The summed E-state index contributed by atoms with van der Waals surface area (Å²) in [6.45, 7) is 5.76. The Hall–Kier alpha value is -2.59. The fourth-order valence-corrected chi connectivity index (χ4v) is 5.71. The number of nitrogens with one attached hydrogen (secondary N) is 1. The van der Waals surface area contributed by atoms with Gasteiger partial charge >= 0.3 is 0 Å². The van der Waals surface area contributed by atoms with Gasteiger partial charge in [-0.15, -0.1) is 0 Å². The smallest absolute Gasteiger partial charge is 0.145 e. The third-order valence-electron chi connectivity index (χ3n) is 6.73. The summed E-state index contributed by atoms with van der Waals surface area (Å²) in [4.78, 5) is 5.82. The average Bonchev–Trinajstić information content (AvgIpc) is 2.77. The minimum absolute atomic E-state index is 0.0486. The van der Waals surface area contributed by atoms with Crippen molar-refractivity contribution in [2.75, 3.05) is 18.5 Å². The first kappa shape index (κ1) is 20.3. The summed E-state index contributed by atoms with van der Waals surface area (Å²) in [5.41, 5.74) is 5.72. The number of fused-ring (bicyclic) bond motifs is 3. The van der Waals surface area contributed by atoms with E-state index < -0.39 is 0 Å². The molecule has 0 radical (unpaired) electrons. The van der Waals surface area contributed by atoms with Crippen LogP contribution in [0, 0.1) is 24.2 Å². The number of aromatic nitrogens is 1. The highest BCUT2D eigenvalue weighted by Crippen LogP contribution is 2.52. The van der Waals surface area contributed by atoms with Crippen molar-refractivity contribution in [3.63, 3.8) is 0 Å². The van der Waals surface area contributed by atoms with E-state index >= 15 is 0 Å². The van der Waals surface area contributed by atoms with Crippen molar-refractivity contribution < 1.29 is 4.74 Å². The van der Waals surface area contributed by atoms with Crippen LogP contribution >= 0.6 is 11.9 Å². The summed E-state index contributed by atoms with van der Waals surface area (Å²) >= 11 is 1.25. The summed E-state index contributed by atoms with van der Waals surface area (Å²) in [5, 5.41) is 20.4. The molecule has 1 aliphatic carbocycles. The molecule has 2 aromatic carbocycles. The SMILES string of the molecule is Cc1cc(C(C)Nc2ccccc2SN)c2cc(C34COCC(C3)C4)c(C#N)nc2c1. The summed E-state index contributed by atoms with van der Waals surface area (Å²) < 4.78 is 5.84. The van der Waals surface area contributed by atoms with Gasteiger partial charge in [-0.1, -0.05) is 18.2 Å². The Kier molecular flexibility index (Phi) is 5.13. The Labute approximate surface area is 187 Å². The molecule has 3 N–H and O–H groups in total. The van der Waals surface area contributed by atoms with Gasteiger partial charge in [-0.2, -0.15) is 5.26 Å². The number of hydrogen-bond acceptors (Lipinski definition) is 6. The van der Waals surface area contributed by atoms with Gasteiger partial charge in [-0.25, -0.2) is 4.98 Å². The molecule has 1 unspecified atom stereocenters. The lowest BCUT2D eigenvalue weighted by Gasteiger charge is -2.52. The van der Waals surface area contributed by atoms with E-state index in [1.54, 1.807) is 0 Å². The molecule has 6 rings (SSSR count). The fraction of sp³-hybridized carbons (Fsp3) is 0.360. The summed E-state index contributed by atoms with van der Waals surface area (Å²) in [7, 11) is 0. The Morgan fingerprint density at radius 2 is 2.10 bits per heavy atom. The van der Waals surface area contributed by atoms with Crippen molar-refractivity contribution in [3.05, 3.63) is 64.8 Å². The van der Waals surface area contributed by atoms with E-state index in [-0.39, 0.29) is 11.5 Å². The van der Waals surface area contributed by atoms with Crippen molar-refractivity contribution in [1.82, 2.24) is 4.98 Å². The molecule has 2 bridgehead atoms. The zero-order chi connectivity index (χ0) is 21.6. The van der Waals surface area contributed by atoms with E-state index in [4.69, 9.17) is 14.9 Å². The molecule has 0 amide bonds. The quantitative estimate of drug-likeness (QED) is 0.539. The lowest BCUT2D eigenvalue weighted by atomic mass is 9.57. The van der Waals surface area contributed by atoms with Gasteiger partial charge in [0.05, 0.1) is 12.1 Å². The van der Waals surface area contributed by atoms with Gasteiger partial charge in [-0.3, -0.25) is 5.14 Å². The fourth-order valence-electron chi connectivity index (χ4n) is 5.30. The van der Waals surface area contributed by atoms with Crippen molar-refractivity contribution in [2.45, 2.75) is 43.0 Å². The van der Waals surface area contributed by atoms with E-state index in [2.05, 4.69) is 43.4 Å². The maximum atomic E-state index is 9.86. The van der Waals surface area contributed by atoms with Crippen LogP contribution in [0.1, 0.15) is 48.2 Å². The lowest BCUT2D eigenvalue weighted by Crippen LogP contribution is -2.52. The Morgan fingerprint density at radius 3 is 2.81 bits per heavy atom. The number of benzene rings is 2. The number of para-hydroxylation sites is 1. The minimum atomic E-state index is -0.0587. The van der Waals surface area contributed by atoms with Gasteiger partial charge < -0.3 is 10.1 Å². The molecular weight excluding hydrogens is 404 g/mol. The first-order chi connectivity index (χ1) is 15.0. The second kappa shape index (κ2) is 7.83. The standard InChI is InChI=1S/C25H26N4OS/c1-15-7-18(16(2)28-21-5-3-4-6-24(21)31-27)19-9-20(23(12-26)29-22(19)8-15)25-10-17(11-25)13-30-14-25/h3-9,16-17,28H,10-11,13-14,27H2,1-2H3. The molecule has 3 heterocycles. The first-order valence-electron chi connectivity index (χ1n) is 10.7. The predicted octanol–water partition coefficient (Wildman–Crippen LogP) is 5.23. The van der Waals surface area contributed by atoms with E-state index in [1.807, 2.05) is 24.3 Å². The Bertz CT molecular complexity index is 1190.